The van der Waals surface area contributed by atoms with Gasteiger partial charge in [-0.15, -0.1) is 0 Å². The molecule has 1 unspecified atom stereocenters. The predicted octanol–water partition coefficient (Wildman–Crippen LogP) is 1.70. The minimum atomic E-state index is -1.01. The van der Waals surface area contributed by atoms with E-state index in [0.717, 1.165) is 16.5 Å². The molecule has 0 saturated heterocycles. The van der Waals surface area contributed by atoms with Gasteiger partial charge in [-0.1, -0.05) is 18.2 Å². The molecule has 0 saturated carbocycles. The highest BCUT2D eigenvalue weighted by molar-refractivity contribution is 5.82. The summed E-state index contributed by atoms with van der Waals surface area (Å²) in [5.74, 6) is -0.365. The van der Waals surface area contributed by atoms with E-state index in [1.807, 2.05) is 31.2 Å². The lowest BCUT2D eigenvalue weighted by Gasteiger charge is -2.03. The van der Waals surface area contributed by atoms with Crippen molar-refractivity contribution in [1.82, 2.24) is 0 Å². The lowest BCUT2D eigenvalue weighted by molar-refractivity contribution is -0.138. The smallest absolute Gasteiger partial charge is 0.320 e. The number of carboxylic acids is 1. The Bertz CT molecular complexity index is 530. The summed E-state index contributed by atoms with van der Waals surface area (Å²) in [6.45, 7) is 1.91. The van der Waals surface area contributed by atoms with E-state index >= 15 is 0 Å². The first-order valence-electron chi connectivity index (χ1n) is 5.05. The summed E-state index contributed by atoms with van der Waals surface area (Å²) in [5, 5.41) is 9.75. The minimum absolute atomic E-state index is 0.218. The second kappa shape index (κ2) is 3.98. The van der Waals surface area contributed by atoms with Crippen molar-refractivity contribution >= 4 is 16.9 Å². The molecule has 0 bridgehead atoms. The van der Waals surface area contributed by atoms with Crippen LogP contribution in [0.15, 0.2) is 28.7 Å². The Kier molecular flexibility index (Phi) is 2.66. The van der Waals surface area contributed by atoms with Gasteiger partial charge < -0.3 is 15.3 Å². The van der Waals surface area contributed by atoms with Gasteiger partial charge in [0.2, 0.25) is 0 Å². The first-order valence-corrected chi connectivity index (χ1v) is 5.05. The highest BCUT2D eigenvalue weighted by Gasteiger charge is 2.17. The summed E-state index contributed by atoms with van der Waals surface area (Å²) >= 11 is 0. The van der Waals surface area contributed by atoms with E-state index in [4.69, 9.17) is 15.3 Å². The van der Waals surface area contributed by atoms with Crippen LogP contribution in [-0.4, -0.2) is 17.1 Å². The van der Waals surface area contributed by atoms with E-state index in [1.165, 1.54) is 0 Å². The van der Waals surface area contributed by atoms with Crippen LogP contribution in [0, 0.1) is 6.92 Å². The van der Waals surface area contributed by atoms with Crippen LogP contribution in [0.1, 0.15) is 11.3 Å². The molecule has 16 heavy (non-hydrogen) atoms. The molecule has 1 heterocycles. The van der Waals surface area contributed by atoms with Crippen LogP contribution < -0.4 is 5.73 Å². The quantitative estimate of drug-likeness (QED) is 0.823. The van der Waals surface area contributed by atoms with Crippen LogP contribution >= 0.6 is 0 Å². The zero-order valence-electron chi connectivity index (χ0n) is 8.93. The molecular formula is C12H13NO3. The third kappa shape index (κ3) is 1.79. The van der Waals surface area contributed by atoms with Gasteiger partial charge in [0.15, 0.2) is 0 Å². The molecule has 0 amide bonds. The van der Waals surface area contributed by atoms with E-state index < -0.39 is 12.0 Å². The van der Waals surface area contributed by atoms with E-state index in [0.29, 0.717) is 5.76 Å². The van der Waals surface area contributed by atoms with Crippen LogP contribution in [0.3, 0.4) is 0 Å². The topological polar surface area (TPSA) is 76.5 Å². The largest absolute Gasteiger partial charge is 0.480 e. The van der Waals surface area contributed by atoms with Gasteiger partial charge in [-0.2, -0.15) is 0 Å². The lowest BCUT2D eigenvalue weighted by atomic mass is 10.1. The number of aryl methyl sites for hydroxylation is 1. The summed E-state index contributed by atoms with van der Waals surface area (Å²) < 4.78 is 5.58. The molecular weight excluding hydrogens is 206 g/mol. The van der Waals surface area contributed by atoms with Crippen LogP contribution in [0.5, 0.6) is 0 Å². The SMILES string of the molecule is Cc1c(CC(N)C(=O)O)oc2ccccc12. The fourth-order valence-electron chi connectivity index (χ4n) is 1.71. The fourth-order valence-corrected chi connectivity index (χ4v) is 1.71. The normalized spacial score (nSPS) is 12.9. The highest BCUT2D eigenvalue weighted by Crippen LogP contribution is 2.25. The number of hydrogen-bond acceptors (Lipinski definition) is 3. The zero-order valence-corrected chi connectivity index (χ0v) is 8.93. The number of benzene rings is 1. The minimum Gasteiger partial charge on any atom is -0.480 e. The van der Waals surface area contributed by atoms with Crippen molar-refractivity contribution in [2.45, 2.75) is 19.4 Å². The number of fused-ring (bicyclic) bond motifs is 1. The van der Waals surface area contributed by atoms with Crippen molar-refractivity contribution in [2.75, 3.05) is 0 Å². The number of nitrogens with two attached hydrogens (primary N) is 1. The van der Waals surface area contributed by atoms with Crippen LogP contribution in [0.2, 0.25) is 0 Å². The van der Waals surface area contributed by atoms with Crippen molar-refractivity contribution in [3.63, 3.8) is 0 Å². The van der Waals surface area contributed by atoms with Crippen LogP contribution in [-0.2, 0) is 11.2 Å². The maximum atomic E-state index is 10.7. The molecule has 0 aliphatic rings. The predicted molar refractivity (Wildman–Crippen MR) is 60.3 cm³/mol. The number of rotatable bonds is 3. The Morgan fingerprint density at radius 2 is 2.19 bits per heavy atom. The molecule has 1 atom stereocenters. The summed E-state index contributed by atoms with van der Waals surface area (Å²) in [4.78, 5) is 10.7. The molecule has 1 aromatic heterocycles. The van der Waals surface area contributed by atoms with Crippen LogP contribution in [0.4, 0.5) is 0 Å². The molecule has 2 aromatic rings. The number of para-hydroxylation sites is 1. The molecule has 4 heteroatoms. The number of carbonyl (C=O) groups is 1. The van der Waals surface area contributed by atoms with Crippen molar-refractivity contribution < 1.29 is 14.3 Å². The van der Waals surface area contributed by atoms with Gasteiger partial charge >= 0.3 is 5.97 Å². The summed E-state index contributed by atoms with van der Waals surface area (Å²) in [6, 6.07) is 6.69. The average molecular weight is 219 g/mol. The molecule has 0 spiro atoms. The molecule has 0 radical (unpaired) electrons. The second-order valence-corrected chi connectivity index (χ2v) is 3.80. The van der Waals surface area contributed by atoms with Crippen LogP contribution in [0.25, 0.3) is 11.0 Å². The zero-order chi connectivity index (χ0) is 11.7. The molecule has 2 rings (SSSR count). The summed E-state index contributed by atoms with van der Waals surface area (Å²) in [6.07, 6.45) is 0.218. The standard InChI is InChI=1S/C12H13NO3/c1-7-8-4-2-3-5-10(8)16-11(7)6-9(13)12(14)15/h2-5,9H,6,13H2,1H3,(H,14,15). The van der Waals surface area contributed by atoms with Crippen molar-refractivity contribution in [3.05, 3.63) is 35.6 Å². The van der Waals surface area contributed by atoms with Gasteiger partial charge in [0, 0.05) is 11.8 Å². The third-order valence-electron chi connectivity index (χ3n) is 2.66. The number of aliphatic carboxylic acids is 1. The lowest BCUT2D eigenvalue weighted by Crippen LogP contribution is -2.32. The Balaban J connectivity index is 2.38. The molecule has 0 fully saturated rings. The number of hydrogen-bond donors (Lipinski definition) is 2. The Labute approximate surface area is 92.7 Å². The summed E-state index contributed by atoms with van der Waals surface area (Å²) in [5.41, 5.74) is 7.22. The molecule has 3 N–H and O–H groups in total. The van der Waals surface area contributed by atoms with Gasteiger partial charge in [-0.25, -0.2) is 0 Å². The van der Waals surface area contributed by atoms with Gasteiger partial charge in [0.1, 0.15) is 17.4 Å². The third-order valence-corrected chi connectivity index (χ3v) is 2.66. The van der Waals surface area contributed by atoms with E-state index in [2.05, 4.69) is 0 Å². The van der Waals surface area contributed by atoms with Crippen molar-refractivity contribution in [3.8, 4) is 0 Å². The van der Waals surface area contributed by atoms with Gasteiger partial charge in [-0.05, 0) is 18.6 Å². The average Bonchev–Trinajstić information content (AvgIpc) is 2.56. The fraction of sp³-hybridized carbons (Fsp3) is 0.250. The monoisotopic (exact) mass is 219 g/mol. The molecule has 1 aromatic carbocycles. The molecule has 0 aliphatic carbocycles. The van der Waals surface area contributed by atoms with Crippen molar-refractivity contribution in [1.29, 1.82) is 0 Å². The Hall–Kier alpha value is -1.81. The number of carboxylic acid groups (broad SMARTS) is 1. The Morgan fingerprint density at radius 1 is 1.50 bits per heavy atom. The molecule has 4 nitrogen and oxygen atoms in total. The Morgan fingerprint density at radius 3 is 2.81 bits per heavy atom. The maximum absolute atomic E-state index is 10.7. The molecule has 84 valence electrons. The van der Waals surface area contributed by atoms with Gasteiger partial charge in [-0.3, -0.25) is 4.79 Å². The van der Waals surface area contributed by atoms with Gasteiger partial charge in [0.05, 0.1) is 0 Å². The maximum Gasteiger partial charge on any atom is 0.320 e. The van der Waals surface area contributed by atoms with Gasteiger partial charge in [0.25, 0.3) is 0 Å². The first kappa shape index (κ1) is 10.7. The van der Waals surface area contributed by atoms with E-state index in [-0.39, 0.29) is 6.42 Å². The second-order valence-electron chi connectivity index (χ2n) is 3.80. The first-order chi connectivity index (χ1) is 7.59. The summed E-state index contributed by atoms with van der Waals surface area (Å²) in [7, 11) is 0. The molecule has 0 aliphatic heterocycles. The van der Waals surface area contributed by atoms with Crippen molar-refractivity contribution in [2.24, 2.45) is 5.73 Å². The number of furan rings is 1. The highest BCUT2D eigenvalue weighted by atomic mass is 16.4. The van der Waals surface area contributed by atoms with E-state index in [1.54, 1.807) is 0 Å². The van der Waals surface area contributed by atoms with E-state index in [9.17, 15) is 4.79 Å².